The summed E-state index contributed by atoms with van der Waals surface area (Å²) in [6.07, 6.45) is 6.82. The lowest BCUT2D eigenvalue weighted by molar-refractivity contribution is -0.678. The fourth-order valence-electron chi connectivity index (χ4n) is 1.69. The molecule has 2 aromatic rings. The van der Waals surface area contributed by atoms with Crippen molar-refractivity contribution in [2.75, 3.05) is 0 Å². The number of aromatic nitrogens is 2. The fourth-order valence-corrected chi connectivity index (χ4v) is 1.69. The third kappa shape index (κ3) is 1.99. The number of imidazole rings is 1. The van der Waals surface area contributed by atoms with Gasteiger partial charge in [0.2, 0.25) is 0 Å². The van der Waals surface area contributed by atoms with Crippen LogP contribution in [0.25, 0.3) is 6.20 Å². The summed E-state index contributed by atoms with van der Waals surface area (Å²) in [7, 11) is 2.05. The molecule has 0 aliphatic rings. The Morgan fingerprint density at radius 2 is 2.07 bits per heavy atom. The van der Waals surface area contributed by atoms with E-state index in [-0.39, 0.29) is 0 Å². The highest BCUT2D eigenvalue weighted by Gasteiger charge is 2.12. The Hall–Kier alpha value is -1.83. The zero-order chi connectivity index (χ0) is 10.7. The first-order chi connectivity index (χ1) is 7.31. The average Bonchev–Trinajstić information content (AvgIpc) is 2.62. The van der Waals surface area contributed by atoms with Gasteiger partial charge in [-0.1, -0.05) is 36.9 Å². The number of benzene rings is 1. The van der Waals surface area contributed by atoms with Crippen molar-refractivity contribution in [1.29, 1.82) is 0 Å². The van der Waals surface area contributed by atoms with Gasteiger partial charge in [0.1, 0.15) is 12.4 Å². The number of hydrogen-bond acceptors (Lipinski definition) is 0. The van der Waals surface area contributed by atoms with E-state index in [2.05, 4.69) is 42.5 Å². The lowest BCUT2D eigenvalue weighted by atomic mass is 10.1. The van der Waals surface area contributed by atoms with Crippen LogP contribution in [0.4, 0.5) is 0 Å². The van der Waals surface area contributed by atoms with Crippen molar-refractivity contribution in [1.82, 2.24) is 4.57 Å². The van der Waals surface area contributed by atoms with Crippen LogP contribution in [0.2, 0.25) is 0 Å². The summed E-state index contributed by atoms with van der Waals surface area (Å²) in [5, 5.41) is 0. The summed E-state index contributed by atoms with van der Waals surface area (Å²) in [6, 6.07) is 10.4. The maximum Gasteiger partial charge on any atom is 0.265 e. The normalized spacial score (nSPS) is 10.2. The molecule has 2 rings (SSSR count). The van der Waals surface area contributed by atoms with E-state index in [0.29, 0.717) is 0 Å². The molecule has 0 saturated carbocycles. The number of hydrogen-bond donors (Lipinski definition) is 0. The van der Waals surface area contributed by atoms with Crippen molar-refractivity contribution in [2.45, 2.75) is 6.42 Å². The Bertz CT molecular complexity index is 455. The molecule has 0 fully saturated rings. The molecule has 0 spiro atoms. The van der Waals surface area contributed by atoms with Crippen molar-refractivity contribution in [3.63, 3.8) is 0 Å². The predicted octanol–water partition coefficient (Wildman–Crippen LogP) is 2.00. The van der Waals surface area contributed by atoms with Crippen LogP contribution < -0.4 is 4.57 Å². The SMILES string of the molecule is C=Cn1cc[n+](C)c1Cc1ccccc1. The van der Waals surface area contributed by atoms with E-state index in [1.807, 2.05) is 29.2 Å². The van der Waals surface area contributed by atoms with E-state index < -0.39 is 0 Å². The lowest BCUT2D eigenvalue weighted by Crippen LogP contribution is -2.31. The summed E-state index contributed by atoms with van der Waals surface area (Å²) in [6.45, 7) is 3.80. The van der Waals surface area contributed by atoms with Gasteiger partial charge in [-0.3, -0.25) is 0 Å². The third-order valence-corrected chi connectivity index (χ3v) is 2.56. The highest BCUT2D eigenvalue weighted by atomic mass is 15.1. The van der Waals surface area contributed by atoms with E-state index in [4.69, 9.17) is 0 Å². The van der Waals surface area contributed by atoms with Crippen LogP contribution in [-0.2, 0) is 13.5 Å². The number of nitrogens with zero attached hydrogens (tertiary/aromatic N) is 2. The molecule has 0 atom stereocenters. The first kappa shape index (κ1) is 9.71. The van der Waals surface area contributed by atoms with Gasteiger partial charge >= 0.3 is 0 Å². The van der Waals surface area contributed by atoms with Crippen molar-refractivity contribution >= 4 is 6.20 Å². The molecule has 0 N–H and O–H groups in total. The molecule has 0 unspecified atom stereocenters. The van der Waals surface area contributed by atoms with Crippen molar-refractivity contribution in [3.05, 3.63) is 60.7 Å². The van der Waals surface area contributed by atoms with Crippen LogP contribution in [0.1, 0.15) is 11.4 Å². The Labute approximate surface area is 90.1 Å². The van der Waals surface area contributed by atoms with Gasteiger partial charge in [-0.05, 0) is 5.56 Å². The maximum atomic E-state index is 3.80. The standard InChI is InChI=1S/C13H15N2/c1-3-15-10-9-14(2)13(15)11-12-7-5-4-6-8-12/h3-10H,1,11H2,2H3/q+1. The van der Waals surface area contributed by atoms with Crippen molar-refractivity contribution in [3.8, 4) is 0 Å². The molecule has 76 valence electrons. The first-order valence-electron chi connectivity index (χ1n) is 5.03. The van der Waals surface area contributed by atoms with Crippen LogP contribution >= 0.6 is 0 Å². The summed E-state index contributed by atoms with van der Waals surface area (Å²) >= 11 is 0. The minimum absolute atomic E-state index is 0.927. The van der Waals surface area contributed by atoms with Gasteiger partial charge in [-0.2, -0.15) is 0 Å². The second kappa shape index (κ2) is 4.13. The smallest absolute Gasteiger partial charge is 0.236 e. The zero-order valence-corrected chi connectivity index (χ0v) is 8.93. The summed E-state index contributed by atoms with van der Waals surface area (Å²) in [5.74, 6) is 1.23. The second-order valence-corrected chi connectivity index (χ2v) is 3.58. The molecular weight excluding hydrogens is 184 g/mol. The molecule has 2 heteroatoms. The van der Waals surface area contributed by atoms with Crippen molar-refractivity contribution in [2.24, 2.45) is 7.05 Å². The topological polar surface area (TPSA) is 8.81 Å². The number of rotatable bonds is 3. The molecule has 0 amide bonds. The Morgan fingerprint density at radius 1 is 1.33 bits per heavy atom. The van der Waals surface area contributed by atoms with Gasteiger partial charge < -0.3 is 0 Å². The summed E-state index contributed by atoms with van der Waals surface area (Å²) in [5.41, 5.74) is 1.31. The average molecular weight is 199 g/mol. The lowest BCUT2D eigenvalue weighted by Gasteiger charge is -1.99. The van der Waals surface area contributed by atoms with Gasteiger partial charge in [-0.15, -0.1) is 0 Å². The second-order valence-electron chi connectivity index (χ2n) is 3.58. The molecular formula is C13H15N2+. The minimum Gasteiger partial charge on any atom is -0.236 e. The van der Waals surface area contributed by atoms with E-state index in [1.54, 1.807) is 0 Å². The van der Waals surface area contributed by atoms with Gasteiger partial charge in [0.05, 0.1) is 19.7 Å². The zero-order valence-electron chi connectivity index (χ0n) is 8.93. The fraction of sp³-hybridized carbons (Fsp3) is 0.154. The van der Waals surface area contributed by atoms with Gasteiger partial charge in [0, 0.05) is 0 Å². The van der Waals surface area contributed by atoms with E-state index in [1.165, 1.54) is 11.4 Å². The van der Waals surface area contributed by atoms with Crippen LogP contribution in [-0.4, -0.2) is 4.57 Å². The summed E-state index contributed by atoms with van der Waals surface area (Å²) in [4.78, 5) is 0. The van der Waals surface area contributed by atoms with Gasteiger partial charge in [0.15, 0.2) is 0 Å². The Balaban J connectivity index is 2.31. The van der Waals surface area contributed by atoms with Gasteiger partial charge in [-0.25, -0.2) is 9.13 Å². The molecule has 0 bridgehead atoms. The highest BCUT2D eigenvalue weighted by Crippen LogP contribution is 2.06. The molecule has 2 nitrogen and oxygen atoms in total. The molecule has 1 aromatic heterocycles. The molecule has 0 aliphatic carbocycles. The Morgan fingerprint density at radius 3 is 2.73 bits per heavy atom. The predicted molar refractivity (Wildman–Crippen MR) is 61.2 cm³/mol. The van der Waals surface area contributed by atoms with E-state index in [0.717, 1.165) is 6.42 Å². The van der Waals surface area contributed by atoms with Gasteiger partial charge in [0.25, 0.3) is 5.82 Å². The van der Waals surface area contributed by atoms with Crippen LogP contribution in [0.3, 0.4) is 0 Å². The molecule has 1 aromatic carbocycles. The molecule has 15 heavy (non-hydrogen) atoms. The van der Waals surface area contributed by atoms with E-state index >= 15 is 0 Å². The van der Waals surface area contributed by atoms with Crippen LogP contribution in [0.15, 0.2) is 49.3 Å². The highest BCUT2D eigenvalue weighted by molar-refractivity contribution is 5.23. The summed E-state index contributed by atoms with van der Waals surface area (Å²) < 4.78 is 4.17. The first-order valence-corrected chi connectivity index (χ1v) is 5.03. The van der Waals surface area contributed by atoms with Crippen LogP contribution in [0, 0.1) is 0 Å². The molecule has 0 saturated heterocycles. The number of aryl methyl sites for hydroxylation is 1. The Kier molecular flexibility index (Phi) is 2.68. The largest absolute Gasteiger partial charge is 0.265 e. The molecule has 0 radical (unpaired) electrons. The minimum atomic E-state index is 0.927. The quantitative estimate of drug-likeness (QED) is 0.669. The molecule has 1 heterocycles. The van der Waals surface area contributed by atoms with Crippen molar-refractivity contribution < 1.29 is 4.57 Å². The van der Waals surface area contributed by atoms with Crippen LogP contribution in [0.5, 0.6) is 0 Å². The monoisotopic (exact) mass is 199 g/mol. The maximum absolute atomic E-state index is 3.80. The van der Waals surface area contributed by atoms with E-state index in [9.17, 15) is 0 Å². The third-order valence-electron chi connectivity index (χ3n) is 2.56. The molecule has 0 aliphatic heterocycles.